The van der Waals surface area contributed by atoms with Gasteiger partial charge in [0.2, 0.25) is 5.91 Å². The lowest BCUT2D eigenvalue weighted by Crippen LogP contribution is -2.38. The number of amides is 1. The van der Waals surface area contributed by atoms with Crippen molar-refractivity contribution in [2.75, 3.05) is 26.7 Å². The largest absolute Gasteiger partial charge is 0.497 e. The predicted octanol–water partition coefficient (Wildman–Crippen LogP) is 4.48. The van der Waals surface area contributed by atoms with Gasteiger partial charge in [-0.3, -0.25) is 9.69 Å². The number of carbonyl (C=O) groups is 1. The van der Waals surface area contributed by atoms with Crippen molar-refractivity contribution in [3.05, 3.63) is 64.7 Å². The van der Waals surface area contributed by atoms with Crippen LogP contribution in [0.2, 0.25) is 5.02 Å². The summed E-state index contributed by atoms with van der Waals surface area (Å²) in [5.41, 5.74) is 2.15. The zero-order valence-corrected chi connectivity index (χ0v) is 17.1. The Morgan fingerprint density at radius 2 is 1.89 bits per heavy atom. The van der Waals surface area contributed by atoms with Crippen molar-refractivity contribution in [2.45, 2.75) is 32.7 Å². The maximum Gasteiger partial charge on any atom is 0.220 e. The Kier molecular flexibility index (Phi) is 8.62. The van der Waals surface area contributed by atoms with Crippen LogP contribution in [0.5, 0.6) is 5.75 Å². The highest BCUT2D eigenvalue weighted by Gasteiger charge is 2.20. The molecule has 0 aliphatic carbocycles. The van der Waals surface area contributed by atoms with Gasteiger partial charge in [0.25, 0.3) is 0 Å². The second-order valence-electron chi connectivity index (χ2n) is 6.41. The Morgan fingerprint density at radius 3 is 2.56 bits per heavy atom. The number of hydrogen-bond donors (Lipinski definition) is 1. The first kappa shape index (κ1) is 21.3. The standard InChI is InChI=1S/C22H29ClN2O2/c1-4-25(5-2)21(19-11-6-7-12-20(19)23)16-24-22(26)14-13-17-9-8-10-18(15-17)27-3/h6-12,15,21H,4-5,13-14,16H2,1-3H3,(H,24,26). The maximum absolute atomic E-state index is 12.4. The fourth-order valence-electron chi connectivity index (χ4n) is 3.23. The van der Waals surface area contributed by atoms with E-state index in [4.69, 9.17) is 16.3 Å². The highest BCUT2D eigenvalue weighted by atomic mass is 35.5. The normalized spacial score (nSPS) is 12.0. The summed E-state index contributed by atoms with van der Waals surface area (Å²) in [5.74, 6) is 0.857. The van der Waals surface area contributed by atoms with E-state index < -0.39 is 0 Å². The Balaban J connectivity index is 1.97. The number of halogens is 1. The Bertz CT molecular complexity index is 732. The molecule has 27 heavy (non-hydrogen) atoms. The van der Waals surface area contributed by atoms with Crippen LogP contribution in [-0.2, 0) is 11.2 Å². The number of likely N-dealkylation sites (N-methyl/N-ethyl adjacent to an activating group) is 1. The number of hydrogen-bond acceptors (Lipinski definition) is 3. The topological polar surface area (TPSA) is 41.6 Å². The molecule has 4 nitrogen and oxygen atoms in total. The third-order valence-corrected chi connectivity index (χ3v) is 5.13. The smallest absolute Gasteiger partial charge is 0.220 e. The lowest BCUT2D eigenvalue weighted by atomic mass is 10.0. The van der Waals surface area contributed by atoms with Crippen LogP contribution in [0.25, 0.3) is 0 Å². The van der Waals surface area contributed by atoms with E-state index in [-0.39, 0.29) is 11.9 Å². The molecule has 0 spiro atoms. The third-order valence-electron chi connectivity index (χ3n) is 4.78. The number of aryl methyl sites for hydroxylation is 1. The van der Waals surface area contributed by atoms with Gasteiger partial charge in [0.15, 0.2) is 0 Å². The van der Waals surface area contributed by atoms with Crippen molar-refractivity contribution >= 4 is 17.5 Å². The molecule has 0 aliphatic heterocycles. The molecular formula is C22H29ClN2O2. The van der Waals surface area contributed by atoms with E-state index in [1.165, 1.54) is 0 Å². The average Bonchev–Trinajstić information content (AvgIpc) is 2.70. The van der Waals surface area contributed by atoms with Gasteiger partial charge >= 0.3 is 0 Å². The summed E-state index contributed by atoms with van der Waals surface area (Å²) in [5, 5.41) is 3.82. The summed E-state index contributed by atoms with van der Waals surface area (Å²) < 4.78 is 5.23. The number of nitrogens with one attached hydrogen (secondary N) is 1. The molecule has 0 saturated heterocycles. The second-order valence-corrected chi connectivity index (χ2v) is 6.82. The van der Waals surface area contributed by atoms with Crippen LogP contribution in [0.15, 0.2) is 48.5 Å². The van der Waals surface area contributed by atoms with Gasteiger partial charge in [-0.25, -0.2) is 0 Å². The molecule has 0 saturated carbocycles. The summed E-state index contributed by atoms with van der Waals surface area (Å²) in [6.07, 6.45) is 1.13. The molecule has 0 fully saturated rings. The number of carbonyl (C=O) groups excluding carboxylic acids is 1. The summed E-state index contributed by atoms with van der Waals surface area (Å²) in [6.45, 7) is 6.58. The molecule has 0 radical (unpaired) electrons. The zero-order valence-electron chi connectivity index (χ0n) is 16.4. The van der Waals surface area contributed by atoms with Crippen LogP contribution in [0.4, 0.5) is 0 Å². The maximum atomic E-state index is 12.4. The molecule has 2 rings (SSSR count). The second kappa shape index (κ2) is 11.0. The van der Waals surface area contributed by atoms with Crippen molar-refractivity contribution in [3.63, 3.8) is 0 Å². The van der Waals surface area contributed by atoms with Crippen molar-refractivity contribution in [1.29, 1.82) is 0 Å². The fraction of sp³-hybridized carbons (Fsp3) is 0.409. The molecular weight excluding hydrogens is 360 g/mol. The first-order valence-electron chi connectivity index (χ1n) is 9.47. The van der Waals surface area contributed by atoms with E-state index in [0.717, 1.165) is 35.0 Å². The van der Waals surface area contributed by atoms with Gasteiger partial charge in [0, 0.05) is 18.0 Å². The molecule has 0 aromatic heterocycles. The lowest BCUT2D eigenvalue weighted by molar-refractivity contribution is -0.121. The minimum absolute atomic E-state index is 0.0435. The van der Waals surface area contributed by atoms with E-state index >= 15 is 0 Å². The number of rotatable bonds is 10. The zero-order chi connectivity index (χ0) is 19.6. The summed E-state index contributed by atoms with van der Waals surface area (Å²) in [6, 6.07) is 15.7. The molecule has 146 valence electrons. The SMILES string of the molecule is CCN(CC)C(CNC(=O)CCc1cccc(OC)c1)c1ccccc1Cl. The lowest BCUT2D eigenvalue weighted by Gasteiger charge is -2.31. The Morgan fingerprint density at radius 1 is 1.15 bits per heavy atom. The van der Waals surface area contributed by atoms with Gasteiger partial charge in [-0.05, 0) is 48.8 Å². The van der Waals surface area contributed by atoms with Crippen molar-refractivity contribution in [2.24, 2.45) is 0 Å². The number of benzene rings is 2. The molecule has 2 aromatic rings. The van der Waals surface area contributed by atoms with Gasteiger partial charge in [-0.1, -0.05) is 55.8 Å². The van der Waals surface area contributed by atoms with E-state index in [2.05, 4.69) is 24.1 Å². The summed E-state index contributed by atoms with van der Waals surface area (Å²) in [7, 11) is 1.65. The van der Waals surface area contributed by atoms with Gasteiger partial charge in [-0.2, -0.15) is 0 Å². The Hall–Kier alpha value is -2.04. The molecule has 0 heterocycles. The highest BCUT2D eigenvalue weighted by Crippen LogP contribution is 2.27. The molecule has 1 N–H and O–H groups in total. The molecule has 0 aliphatic rings. The van der Waals surface area contributed by atoms with Crippen molar-refractivity contribution < 1.29 is 9.53 Å². The predicted molar refractivity (Wildman–Crippen MR) is 111 cm³/mol. The number of ether oxygens (including phenoxy) is 1. The van der Waals surface area contributed by atoms with Gasteiger partial charge in [-0.15, -0.1) is 0 Å². The van der Waals surface area contributed by atoms with Gasteiger partial charge in [0.05, 0.1) is 13.2 Å². The van der Waals surface area contributed by atoms with Crippen LogP contribution < -0.4 is 10.1 Å². The quantitative estimate of drug-likeness (QED) is 0.652. The molecule has 2 aromatic carbocycles. The van der Waals surface area contributed by atoms with E-state index in [9.17, 15) is 4.79 Å². The van der Waals surface area contributed by atoms with Crippen LogP contribution >= 0.6 is 11.6 Å². The van der Waals surface area contributed by atoms with Gasteiger partial charge in [0.1, 0.15) is 5.75 Å². The summed E-state index contributed by atoms with van der Waals surface area (Å²) in [4.78, 5) is 14.7. The minimum atomic E-state index is 0.0435. The number of nitrogens with zero attached hydrogens (tertiary/aromatic N) is 1. The van der Waals surface area contributed by atoms with Crippen LogP contribution in [0, 0.1) is 0 Å². The van der Waals surface area contributed by atoms with Crippen LogP contribution in [-0.4, -0.2) is 37.6 Å². The summed E-state index contributed by atoms with van der Waals surface area (Å²) >= 11 is 6.41. The molecule has 1 atom stereocenters. The van der Waals surface area contributed by atoms with E-state index in [1.54, 1.807) is 7.11 Å². The van der Waals surface area contributed by atoms with Crippen molar-refractivity contribution in [3.8, 4) is 5.75 Å². The van der Waals surface area contributed by atoms with Crippen LogP contribution in [0.3, 0.4) is 0 Å². The monoisotopic (exact) mass is 388 g/mol. The van der Waals surface area contributed by atoms with Crippen molar-refractivity contribution in [1.82, 2.24) is 10.2 Å². The number of methoxy groups -OCH3 is 1. The minimum Gasteiger partial charge on any atom is -0.497 e. The Labute approximate surface area is 167 Å². The molecule has 1 amide bonds. The molecule has 1 unspecified atom stereocenters. The first-order valence-corrected chi connectivity index (χ1v) is 9.84. The molecule has 5 heteroatoms. The molecule has 0 bridgehead atoms. The first-order chi connectivity index (χ1) is 13.1. The van der Waals surface area contributed by atoms with Gasteiger partial charge < -0.3 is 10.1 Å². The highest BCUT2D eigenvalue weighted by molar-refractivity contribution is 6.31. The van der Waals surface area contributed by atoms with Crippen LogP contribution in [0.1, 0.15) is 37.4 Å². The van der Waals surface area contributed by atoms with E-state index in [0.29, 0.717) is 19.4 Å². The average molecular weight is 389 g/mol. The van der Waals surface area contributed by atoms with E-state index in [1.807, 2.05) is 48.5 Å². The fourth-order valence-corrected chi connectivity index (χ4v) is 3.49. The third kappa shape index (κ3) is 6.26.